The Balaban J connectivity index is 2.35. The van der Waals surface area contributed by atoms with Crippen LogP contribution in [0.25, 0.3) is 0 Å². The summed E-state index contributed by atoms with van der Waals surface area (Å²) >= 11 is 0. The van der Waals surface area contributed by atoms with Crippen molar-refractivity contribution in [1.29, 1.82) is 0 Å². The maximum absolute atomic E-state index is 9.65. The molecule has 1 heterocycles. The van der Waals surface area contributed by atoms with Gasteiger partial charge >= 0.3 is 0 Å². The Bertz CT molecular complexity index is 238. The van der Waals surface area contributed by atoms with Crippen LogP contribution in [0, 0.1) is 5.92 Å². The van der Waals surface area contributed by atoms with Gasteiger partial charge in [0.1, 0.15) is 18.3 Å². The molecule has 0 radical (unpaired) electrons. The third-order valence-corrected chi connectivity index (χ3v) is 2.99. The number of nitrogens with one attached hydrogen (secondary N) is 1. The van der Waals surface area contributed by atoms with Gasteiger partial charge in [-0.25, -0.2) is 0 Å². The highest BCUT2D eigenvalue weighted by Crippen LogP contribution is 2.28. The van der Waals surface area contributed by atoms with Gasteiger partial charge in [0.2, 0.25) is 5.79 Å². The molecule has 102 valence electrons. The van der Waals surface area contributed by atoms with E-state index in [9.17, 15) is 15.3 Å². The lowest BCUT2D eigenvalue weighted by Gasteiger charge is -2.22. The van der Waals surface area contributed by atoms with Crippen molar-refractivity contribution in [1.82, 2.24) is 5.32 Å². The van der Waals surface area contributed by atoms with Crippen LogP contribution in [-0.4, -0.2) is 64.2 Å². The van der Waals surface area contributed by atoms with E-state index in [-0.39, 0.29) is 0 Å². The van der Waals surface area contributed by atoms with Crippen molar-refractivity contribution in [3.8, 4) is 0 Å². The van der Waals surface area contributed by atoms with E-state index >= 15 is 0 Å². The Hall–Kier alpha value is -0.240. The Labute approximate surface area is 101 Å². The number of hydrogen-bond acceptors (Lipinski definition) is 6. The zero-order chi connectivity index (χ0) is 13.1. The maximum atomic E-state index is 9.65. The molecule has 17 heavy (non-hydrogen) atoms. The lowest BCUT2D eigenvalue weighted by atomic mass is 10.1. The van der Waals surface area contributed by atoms with Crippen LogP contribution in [0.3, 0.4) is 0 Å². The Morgan fingerprint density at radius 1 is 1.35 bits per heavy atom. The highest BCUT2D eigenvalue weighted by molar-refractivity contribution is 4.95. The standard InChI is InChI=1S/C11H23NO5/c1-7(2)3-4-12-5-8-9(14)10(15)11(16,6-13)17-8/h7-10,12-16H,3-6H2,1-2H3/t8-,9+,10-,11+/m1/s1. The molecule has 0 spiro atoms. The summed E-state index contributed by atoms with van der Waals surface area (Å²) in [5, 5.41) is 40.8. The maximum Gasteiger partial charge on any atom is 0.219 e. The second-order valence-electron chi connectivity index (χ2n) is 4.98. The van der Waals surface area contributed by atoms with Gasteiger partial charge in [-0.15, -0.1) is 0 Å². The molecule has 0 aromatic rings. The molecule has 0 aromatic carbocycles. The van der Waals surface area contributed by atoms with Gasteiger partial charge < -0.3 is 30.5 Å². The number of hydrogen-bond donors (Lipinski definition) is 5. The van der Waals surface area contributed by atoms with Gasteiger partial charge in [0.05, 0.1) is 6.61 Å². The lowest BCUT2D eigenvalue weighted by molar-refractivity contribution is -0.245. The second kappa shape index (κ2) is 6.08. The van der Waals surface area contributed by atoms with Crippen molar-refractivity contribution < 1.29 is 25.2 Å². The fourth-order valence-electron chi connectivity index (χ4n) is 1.80. The topological polar surface area (TPSA) is 102 Å². The van der Waals surface area contributed by atoms with Crippen LogP contribution in [0.5, 0.6) is 0 Å². The van der Waals surface area contributed by atoms with Gasteiger partial charge in [-0.2, -0.15) is 0 Å². The Kier molecular flexibility index (Phi) is 5.30. The van der Waals surface area contributed by atoms with Crippen LogP contribution >= 0.6 is 0 Å². The minimum Gasteiger partial charge on any atom is -0.391 e. The van der Waals surface area contributed by atoms with Gasteiger partial charge in [-0.3, -0.25) is 0 Å². The van der Waals surface area contributed by atoms with Crippen molar-refractivity contribution in [2.75, 3.05) is 19.7 Å². The summed E-state index contributed by atoms with van der Waals surface area (Å²) in [6.07, 6.45) is -2.40. The molecule has 5 N–H and O–H groups in total. The number of aliphatic hydroxyl groups excluding tert-OH is 3. The van der Waals surface area contributed by atoms with Gasteiger partial charge in [-0.1, -0.05) is 13.8 Å². The summed E-state index contributed by atoms with van der Waals surface area (Å²) in [6.45, 7) is 4.58. The quantitative estimate of drug-likeness (QED) is 0.364. The van der Waals surface area contributed by atoms with Crippen LogP contribution in [0.15, 0.2) is 0 Å². The summed E-state index contributed by atoms with van der Waals surface area (Å²) in [7, 11) is 0. The summed E-state index contributed by atoms with van der Waals surface area (Å²) in [5.74, 6) is -1.47. The first-order valence-corrected chi connectivity index (χ1v) is 5.98. The number of aliphatic hydroxyl groups is 4. The van der Waals surface area contributed by atoms with Crippen molar-refractivity contribution in [2.45, 2.75) is 44.4 Å². The van der Waals surface area contributed by atoms with E-state index < -0.39 is 30.7 Å². The normalized spacial score (nSPS) is 37.9. The average molecular weight is 249 g/mol. The van der Waals surface area contributed by atoms with Gasteiger partial charge in [0.15, 0.2) is 0 Å². The molecule has 0 amide bonds. The largest absolute Gasteiger partial charge is 0.391 e. The molecule has 1 rings (SSSR count). The molecule has 6 heteroatoms. The number of rotatable bonds is 6. The van der Waals surface area contributed by atoms with Crippen molar-refractivity contribution in [3.63, 3.8) is 0 Å². The minimum absolute atomic E-state index is 0.327. The van der Waals surface area contributed by atoms with Gasteiger partial charge in [-0.05, 0) is 18.9 Å². The zero-order valence-electron chi connectivity index (χ0n) is 10.3. The second-order valence-corrected chi connectivity index (χ2v) is 4.98. The highest BCUT2D eigenvalue weighted by atomic mass is 16.7. The van der Waals surface area contributed by atoms with E-state index in [1.165, 1.54) is 0 Å². The molecule has 1 fully saturated rings. The summed E-state index contributed by atoms with van der Waals surface area (Å²) in [4.78, 5) is 0. The average Bonchev–Trinajstić information content (AvgIpc) is 2.50. The molecule has 6 nitrogen and oxygen atoms in total. The van der Waals surface area contributed by atoms with Crippen LogP contribution < -0.4 is 5.32 Å². The third kappa shape index (κ3) is 3.61. The molecule has 1 aliphatic heterocycles. The SMILES string of the molecule is CC(C)CCNC[C@H]1O[C@@](O)(CO)[C@H](O)[C@H]1O. The first kappa shape index (κ1) is 14.8. The Morgan fingerprint density at radius 3 is 2.47 bits per heavy atom. The summed E-state index contributed by atoms with van der Waals surface area (Å²) < 4.78 is 5.07. The predicted molar refractivity (Wildman–Crippen MR) is 61.2 cm³/mol. The zero-order valence-corrected chi connectivity index (χ0v) is 10.3. The molecule has 1 aliphatic rings. The first-order chi connectivity index (χ1) is 7.90. The van der Waals surface area contributed by atoms with Crippen LogP contribution in [-0.2, 0) is 4.74 Å². The molecular formula is C11H23NO5. The summed E-state index contributed by atoms with van der Waals surface area (Å²) in [6, 6.07) is 0. The molecule has 0 bridgehead atoms. The molecule has 4 atom stereocenters. The van der Waals surface area contributed by atoms with Crippen LogP contribution in [0.1, 0.15) is 20.3 Å². The van der Waals surface area contributed by atoms with E-state index in [0.717, 1.165) is 13.0 Å². The van der Waals surface area contributed by atoms with Gasteiger partial charge in [0, 0.05) is 6.54 Å². The van der Waals surface area contributed by atoms with E-state index in [1.807, 2.05) is 0 Å². The van der Waals surface area contributed by atoms with Crippen molar-refractivity contribution in [3.05, 3.63) is 0 Å². The molecule has 0 unspecified atom stereocenters. The van der Waals surface area contributed by atoms with E-state index in [2.05, 4.69) is 19.2 Å². The fraction of sp³-hybridized carbons (Fsp3) is 1.00. The molecule has 0 saturated carbocycles. The van der Waals surface area contributed by atoms with Crippen molar-refractivity contribution >= 4 is 0 Å². The van der Waals surface area contributed by atoms with Crippen LogP contribution in [0.2, 0.25) is 0 Å². The van der Waals surface area contributed by atoms with E-state index in [0.29, 0.717) is 12.5 Å². The Morgan fingerprint density at radius 2 is 2.00 bits per heavy atom. The van der Waals surface area contributed by atoms with Crippen LogP contribution in [0.4, 0.5) is 0 Å². The minimum atomic E-state index is -2.05. The van der Waals surface area contributed by atoms with Gasteiger partial charge in [0.25, 0.3) is 0 Å². The number of ether oxygens (including phenoxy) is 1. The highest BCUT2D eigenvalue weighted by Gasteiger charge is 2.52. The fourth-order valence-corrected chi connectivity index (χ4v) is 1.80. The molecule has 1 saturated heterocycles. The molecule has 0 aliphatic carbocycles. The van der Waals surface area contributed by atoms with E-state index in [4.69, 9.17) is 9.84 Å². The van der Waals surface area contributed by atoms with E-state index in [1.54, 1.807) is 0 Å². The van der Waals surface area contributed by atoms with Crippen molar-refractivity contribution in [2.24, 2.45) is 5.92 Å². The molecule has 0 aromatic heterocycles. The lowest BCUT2D eigenvalue weighted by Crippen LogP contribution is -2.46. The first-order valence-electron chi connectivity index (χ1n) is 5.98. The monoisotopic (exact) mass is 249 g/mol. The molecular weight excluding hydrogens is 226 g/mol. The predicted octanol–water partition coefficient (Wildman–Crippen LogP) is -1.58. The smallest absolute Gasteiger partial charge is 0.219 e. The summed E-state index contributed by atoms with van der Waals surface area (Å²) in [5.41, 5.74) is 0. The third-order valence-electron chi connectivity index (χ3n) is 2.99.